The van der Waals surface area contributed by atoms with Crippen LogP contribution in [0.3, 0.4) is 0 Å². The van der Waals surface area contributed by atoms with Crippen molar-refractivity contribution in [2.24, 2.45) is 0 Å². The van der Waals surface area contributed by atoms with E-state index in [1.807, 2.05) is 0 Å². The van der Waals surface area contributed by atoms with Crippen LogP contribution in [-0.2, 0) is 15.6 Å². The highest BCUT2D eigenvalue weighted by atomic mass is 32.2. The number of anilines is 2. The van der Waals surface area contributed by atoms with Crippen molar-refractivity contribution in [3.8, 4) is 0 Å². The first-order valence-corrected chi connectivity index (χ1v) is 10.6. The highest BCUT2D eigenvalue weighted by molar-refractivity contribution is 7.91. The molecule has 138 valence electrons. The second-order valence-electron chi connectivity index (χ2n) is 6.81. The molecule has 1 aliphatic rings. The molecular formula is C20H24N2O3S. The summed E-state index contributed by atoms with van der Waals surface area (Å²) in [6.45, 7) is 0. The van der Waals surface area contributed by atoms with Gasteiger partial charge in [0, 0.05) is 11.4 Å². The number of hydrogen-bond donors (Lipinski definition) is 2. The maximum absolute atomic E-state index is 12.7. The van der Waals surface area contributed by atoms with Crippen molar-refractivity contribution in [1.82, 2.24) is 0 Å². The first-order chi connectivity index (χ1) is 12.5. The Morgan fingerprint density at radius 1 is 1.04 bits per heavy atom. The zero-order valence-electron chi connectivity index (χ0n) is 14.6. The molecule has 0 radical (unpaired) electrons. The van der Waals surface area contributed by atoms with Gasteiger partial charge in [-0.15, -0.1) is 0 Å². The minimum Gasteiger partial charge on any atom is -0.398 e. The van der Waals surface area contributed by atoms with E-state index in [9.17, 15) is 13.2 Å². The second kappa shape index (κ2) is 7.91. The van der Waals surface area contributed by atoms with Crippen molar-refractivity contribution >= 4 is 27.1 Å². The molecule has 5 nitrogen and oxygen atoms in total. The molecule has 6 heteroatoms. The Hall–Kier alpha value is -2.34. The van der Waals surface area contributed by atoms with Crippen LogP contribution in [-0.4, -0.2) is 19.6 Å². The van der Waals surface area contributed by atoms with Gasteiger partial charge in [-0.05, 0) is 42.7 Å². The number of para-hydroxylation sites is 1. The highest BCUT2D eigenvalue weighted by Gasteiger charge is 2.27. The maximum atomic E-state index is 12.7. The average Bonchev–Trinajstić information content (AvgIpc) is 2.63. The van der Waals surface area contributed by atoms with Crippen molar-refractivity contribution in [2.75, 3.05) is 11.1 Å². The van der Waals surface area contributed by atoms with Crippen molar-refractivity contribution in [1.29, 1.82) is 0 Å². The van der Waals surface area contributed by atoms with E-state index in [-0.39, 0.29) is 16.9 Å². The standard InChI is InChI=1S/C20H24N2O3S/c21-19-12-5-4-11-18(19)20(23)22-16-8-6-7-15(13-16)14-26(24,25)17-9-2-1-3-10-17/h4-8,11-13,17H,1-3,9-10,14,21H2,(H,22,23). The molecule has 0 unspecified atom stereocenters. The summed E-state index contributed by atoms with van der Waals surface area (Å²) in [5.41, 5.74) is 7.88. The van der Waals surface area contributed by atoms with Crippen molar-refractivity contribution in [2.45, 2.75) is 43.1 Å². The third kappa shape index (κ3) is 4.43. The number of sulfone groups is 1. The molecule has 0 heterocycles. The fourth-order valence-electron chi connectivity index (χ4n) is 3.42. The van der Waals surface area contributed by atoms with E-state index in [1.54, 1.807) is 48.5 Å². The summed E-state index contributed by atoms with van der Waals surface area (Å²) in [5.74, 6) is -0.301. The minimum atomic E-state index is -3.17. The van der Waals surface area contributed by atoms with Crippen LogP contribution < -0.4 is 11.1 Å². The Morgan fingerprint density at radius 2 is 1.77 bits per heavy atom. The summed E-state index contributed by atoms with van der Waals surface area (Å²) >= 11 is 0. The summed E-state index contributed by atoms with van der Waals surface area (Å²) in [4.78, 5) is 12.4. The van der Waals surface area contributed by atoms with Gasteiger partial charge in [0.15, 0.2) is 9.84 Å². The van der Waals surface area contributed by atoms with E-state index in [1.165, 1.54) is 0 Å². The molecule has 1 saturated carbocycles. The van der Waals surface area contributed by atoms with Gasteiger partial charge in [0.1, 0.15) is 0 Å². The predicted octanol–water partition coefficient (Wildman–Crippen LogP) is 3.77. The minimum absolute atomic E-state index is 0.00878. The number of nitrogen functional groups attached to an aromatic ring is 1. The molecule has 0 saturated heterocycles. The van der Waals surface area contributed by atoms with Gasteiger partial charge >= 0.3 is 0 Å². The van der Waals surface area contributed by atoms with Gasteiger partial charge in [0.2, 0.25) is 0 Å². The average molecular weight is 372 g/mol. The van der Waals surface area contributed by atoms with Gasteiger partial charge in [-0.3, -0.25) is 4.79 Å². The molecule has 0 bridgehead atoms. The zero-order valence-corrected chi connectivity index (χ0v) is 15.5. The predicted molar refractivity (Wildman–Crippen MR) is 105 cm³/mol. The number of nitrogens with one attached hydrogen (secondary N) is 1. The van der Waals surface area contributed by atoms with Crippen molar-refractivity contribution in [3.63, 3.8) is 0 Å². The topological polar surface area (TPSA) is 89.3 Å². The second-order valence-corrected chi connectivity index (χ2v) is 9.09. The number of amides is 1. The van der Waals surface area contributed by atoms with Crippen LogP contribution in [0.1, 0.15) is 48.0 Å². The van der Waals surface area contributed by atoms with Gasteiger partial charge in [0.25, 0.3) is 5.91 Å². The third-order valence-electron chi connectivity index (χ3n) is 4.82. The molecule has 3 rings (SSSR count). The largest absolute Gasteiger partial charge is 0.398 e. The normalized spacial score (nSPS) is 15.5. The Morgan fingerprint density at radius 3 is 2.50 bits per heavy atom. The van der Waals surface area contributed by atoms with Crippen molar-refractivity contribution < 1.29 is 13.2 Å². The number of carbonyl (C=O) groups excluding carboxylic acids is 1. The maximum Gasteiger partial charge on any atom is 0.257 e. The quantitative estimate of drug-likeness (QED) is 0.782. The molecule has 0 aromatic heterocycles. The number of rotatable bonds is 5. The molecular weight excluding hydrogens is 348 g/mol. The molecule has 2 aromatic rings. The lowest BCUT2D eigenvalue weighted by Crippen LogP contribution is -2.25. The number of carbonyl (C=O) groups is 1. The summed E-state index contributed by atoms with van der Waals surface area (Å²) in [5, 5.41) is 2.55. The molecule has 2 aromatic carbocycles. The number of nitrogens with two attached hydrogens (primary N) is 1. The summed E-state index contributed by atoms with van der Waals surface area (Å²) in [6.07, 6.45) is 4.60. The van der Waals surface area contributed by atoms with E-state index < -0.39 is 9.84 Å². The first kappa shape index (κ1) is 18.5. The molecule has 0 atom stereocenters. The lowest BCUT2D eigenvalue weighted by atomic mass is 10.0. The van der Waals surface area contributed by atoms with Crippen molar-refractivity contribution in [3.05, 3.63) is 59.7 Å². The molecule has 1 fully saturated rings. The van der Waals surface area contributed by atoms with E-state index in [0.29, 0.717) is 22.5 Å². The molecule has 3 N–H and O–H groups in total. The molecule has 1 amide bonds. The van der Waals surface area contributed by atoms with Crippen LogP contribution in [0.15, 0.2) is 48.5 Å². The van der Waals surface area contributed by atoms with Gasteiger partial charge in [-0.2, -0.15) is 0 Å². The van der Waals surface area contributed by atoms with E-state index in [2.05, 4.69) is 5.32 Å². The zero-order chi connectivity index (χ0) is 18.6. The molecule has 1 aliphatic carbocycles. The Balaban J connectivity index is 1.72. The smallest absolute Gasteiger partial charge is 0.257 e. The SMILES string of the molecule is Nc1ccccc1C(=O)Nc1cccc(CS(=O)(=O)C2CCCCC2)c1. The van der Waals surface area contributed by atoms with Gasteiger partial charge in [0.05, 0.1) is 16.6 Å². The Bertz CT molecular complexity index is 887. The van der Waals surface area contributed by atoms with Gasteiger partial charge in [-0.1, -0.05) is 43.5 Å². The van der Waals surface area contributed by atoms with Gasteiger partial charge < -0.3 is 11.1 Å². The third-order valence-corrected chi connectivity index (χ3v) is 7.04. The van der Waals surface area contributed by atoms with Crippen LogP contribution >= 0.6 is 0 Å². The van der Waals surface area contributed by atoms with Crippen LogP contribution in [0.4, 0.5) is 11.4 Å². The fourth-order valence-corrected chi connectivity index (χ4v) is 5.35. The summed E-state index contributed by atoms with van der Waals surface area (Å²) in [7, 11) is -3.17. The lowest BCUT2D eigenvalue weighted by Gasteiger charge is -2.21. The van der Waals surface area contributed by atoms with Crippen LogP contribution in [0.5, 0.6) is 0 Å². The monoisotopic (exact) mass is 372 g/mol. The lowest BCUT2D eigenvalue weighted by molar-refractivity contribution is 0.102. The van der Waals surface area contributed by atoms with Crippen LogP contribution in [0, 0.1) is 0 Å². The number of hydrogen-bond acceptors (Lipinski definition) is 4. The van der Waals surface area contributed by atoms with E-state index in [4.69, 9.17) is 5.73 Å². The summed E-state index contributed by atoms with van der Waals surface area (Å²) < 4.78 is 25.3. The Kier molecular flexibility index (Phi) is 5.61. The molecule has 0 spiro atoms. The fraction of sp³-hybridized carbons (Fsp3) is 0.350. The van der Waals surface area contributed by atoms with Crippen LogP contribution in [0.2, 0.25) is 0 Å². The van der Waals surface area contributed by atoms with E-state index in [0.717, 1.165) is 32.1 Å². The van der Waals surface area contributed by atoms with Gasteiger partial charge in [-0.25, -0.2) is 8.42 Å². The van der Waals surface area contributed by atoms with E-state index >= 15 is 0 Å². The molecule has 0 aliphatic heterocycles. The Labute approximate surface area is 154 Å². The van der Waals surface area contributed by atoms with Crippen LogP contribution in [0.25, 0.3) is 0 Å². The summed E-state index contributed by atoms with van der Waals surface area (Å²) in [6, 6.07) is 13.8. The highest BCUT2D eigenvalue weighted by Crippen LogP contribution is 2.26. The first-order valence-electron chi connectivity index (χ1n) is 8.92. The molecule has 26 heavy (non-hydrogen) atoms. The number of benzene rings is 2.